The number of nitrogens with zero attached hydrogens (tertiary/aromatic N) is 16. The molecule has 0 fully saturated rings. The van der Waals surface area contributed by atoms with Crippen molar-refractivity contribution in [3.8, 4) is 57.1 Å². The highest BCUT2D eigenvalue weighted by molar-refractivity contribution is 6.43. The van der Waals surface area contributed by atoms with Crippen LogP contribution >= 0.6 is 116 Å². The second kappa shape index (κ2) is 30.3. The molecule has 26 nitrogen and oxygen atoms in total. The van der Waals surface area contributed by atoms with E-state index in [9.17, 15) is 19.2 Å². The summed E-state index contributed by atoms with van der Waals surface area (Å²) < 4.78 is 35.1. The van der Waals surface area contributed by atoms with Gasteiger partial charge in [-0.2, -0.15) is 40.3 Å². The van der Waals surface area contributed by atoms with Crippen molar-refractivity contribution in [1.82, 2.24) is 79.7 Å². The summed E-state index contributed by atoms with van der Waals surface area (Å²) in [5, 5.41) is 32.0. The van der Waals surface area contributed by atoms with Gasteiger partial charge in [-0.3, -0.25) is 19.2 Å². The van der Waals surface area contributed by atoms with Gasteiger partial charge in [0.15, 0.2) is 0 Å². The summed E-state index contributed by atoms with van der Waals surface area (Å²) in [5.41, 5.74) is 0.752. The van der Waals surface area contributed by atoms with Crippen molar-refractivity contribution in [2.24, 2.45) is 0 Å². The highest BCUT2D eigenvalue weighted by atomic mass is 35.5. The molecule has 460 valence electrons. The number of methoxy groups -OCH3 is 2. The molecular weight excluding hydrogens is 1390 g/mol. The lowest BCUT2D eigenvalue weighted by molar-refractivity contribution is 0.363. The molecule has 8 heterocycles. The van der Waals surface area contributed by atoms with Crippen molar-refractivity contribution in [3.63, 3.8) is 0 Å². The average molecular weight is 1420 g/mol. The molecule has 0 radical (unpaired) electrons. The normalized spacial score (nSPS) is 10.8. The Kier molecular flexibility index (Phi) is 22.2. The van der Waals surface area contributed by atoms with Gasteiger partial charge in [0.05, 0.1) is 64.1 Å². The number of rotatable bonds is 14. The first kappa shape index (κ1) is 65.9. The molecule has 0 atom stereocenters. The fourth-order valence-electron chi connectivity index (χ4n) is 7.22. The fraction of sp³-hybridized carbons (Fsp3) is 0.111. The lowest BCUT2D eigenvalue weighted by Crippen LogP contribution is -2.23. The maximum Gasteiger partial charge on any atom is 0.287 e. The summed E-state index contributed by atoms with van der Waals surface area (Å²) in [6, 6.07) is 28.5. The average Bonchev–Trinajstić information content (AvgIpc) is 3.58. The zero-order chi connectivity index (χ0) is 64.2. The number of hydrogen-bond donors (Lipinski definition) is 0. The van der Waals surface area contributed by atoms with Crippen LogP contribution in [0, 0.1) is 0 Å². The molecule has 0 amide bonds. The van der Waals surface area contributed by atoms with E-state index >= 15 is 0 Å². The monoisotopic (exact) mass is 1420 g/mol. The summed E-state index contributed by atoms with van der Waals surface area (Å²) in [5.74, 6) is 3.76. The first-order valence-electron chi connectivity index (χ1n) is 25.0. The first-order chi connectivity index (χ1) is 43.3. The molecule has 0 aliphatic heterocycles. The first-order valence-corrected chi connectivity index (χ1v) is 28.8. The Morgan fingerprint density at radius 3 is 1.09 bits per heavy atom. The summed E-state index contributed by atoms with van der Waals surface area (Å²) in [7, 11) is 3.16. The van der Waals surface area contributed by atoms with E-state index in [4.69, 9.17) is 144 Å². The second-order valence-electron chi connectivity index (χ2n) is 17.6. The number of benzene rings is 4. The Hall–Kier alpha value is -8.54. The molecule has 8 aromatic heterocycles. The van der Waals surface area contributed by atoms with Crippen LogP contribution in [0.5, 0.6) is 11.5 Å². The molecule has 0 aliphatic carbocycles. The van der Waals surface area contributed by atoms with Gasteiger partial charge in [-0.1, -0.05) is 161 Å². The van der Waals surface area contributed by atoms with Gasteiger partial charge in [0, 0.05) is 27.3 Å². The Balaban J connectivity index is 0.000000142. The summed E-state index contributed by atoms with van der Waals surface area (Å²) in [6.45, 7) is -0.0327. The van der Waals surface area contributed by atoms with E-state index in [1.807, 2.05) is 24.3 Å². The Labute approximate surface area is 553 Å². The Morgan fingerprint density at radius 1 is 0.367 bits per heavy atom. The second-order valence-corrected chi connectivity index (χ2v) is 21.6. The lowest BCUT2D eigenvalue weighted by Gasteiger charge is -2.01. The van der Waals surface area contributed by atoms with Gasteiger partial charge in [0.25, 0.3) is 22.2 Å². The molecule has 0 unspecified atom stereocenters. The minimum Gasteiger partial charge on any atom is -0.497 e. The third kappa shape index (κ3) is 16.4. The van der Waals surface area contributed by atoms with E-state index in [0.29, 0.717) is 44.7 Å². The third-order valence-electron chi connectivity index (χ3n) is 11.7. The molecule has 12 aromatic rings. The number of ether oxygens (including phenoxy) is 2. The minimum atomic E-state index is -0.535. The number of hydrogen-bond acceptors (Lipinski definition) is 22. The molecule has 12 rings (SSSR count). The maximum absolute atomic E-state index is 11.9. The van der Waals surface area contributed by atoms with Crippen molar-refractivity contribution >= 4 is 116 Å². The Morgan fingerprint density at radius 2 is 0.711 bits per heavy atom. The van der Waals surface area contributed by atoms with Crippen LogP contribution in [0.2, 0.25) is 50.2 Å². The van der Waals surface area contributed by atoms with E-state index < -0.39 is 22.2 Å². The van der Waals surface area contributed by atoms with E-state index in [2.05, 4.69) is 61.0 Å². The topological polar surface area (TPSA) is 314 Å². The van der Waals surface area contributed by atoms with Crippen LogP contribution in [-0.2, 0) is 26.2 Å². The van der Waals surface area contributed by atoms with Crippen molar-refractivity contribution in [2.45, 2.75) is 26.2 Å². The number of halogens is 10. The van der Waals surface area contributed by atoms with Gasteiger partial charge in [-0.25, -0.2) is 18.7 Å². The molecule has 90 heavy (non-hydrogen) atoms. The van der Waals surface area contributed by atoms with Gasteiger partial charge in [-0.05, 0) is 72.8 Å². The van der Waals surface area contributed by atoms with Crippen LogP contribution < -0.4 is 31.7 Å². The molecule has 36 heteroatoms. The molecule has 0 bridgehead atoms. The van der Waals surface area contributed by atoms with Crippen LogP contribution in [0.4, 0.5) is 0 Å². The lowest BCUT2D eigenvalue weighted by atomic mass is 10.2. The maximum atomic E-state index is 11.9. The van der Waals surface area contributed by atoms with E-state index in [-0.39, 0.29) is 89.9 Å². The van der Waals surface area contributed by atoms with Crippen molar-refractivity contribution in [3.05, 3.63) is 237 Å². The van der Waals surface area contributed by atoms with Crippen LogP contribution in [0.15, 0.2) is 159 Å². The largest absolute Gasteiger partial charge is 0.497 e. The van der Waals surface area contributed by atoms with Gasteiger partial charge in [0.2, 0.25) is 46.9 Å². The molecule has 0 saturated carbocycles. The third-order valence-corrected chi connectivity index (χ3v) is 15.3. The highest BCUT2D eigenvalue weighted by Gasteiger charge is 2.19. The highest BCUT2D eigenvalue weighted by Crippen LogP contribution is 2.27. The molecular formula is C54H34Cl10N16O10. The van der Waals surface area contributed by atoms with Crippen LogP contribution in [0.3, 0.4) is 0 Å². The molecule has 0 N–H and O–H groups in total. The standard InChI is InChI=1S/2C14H10Cl2N4O3.2C13H7Cl3N4O2/c1-22-9-4-2-8(3-5-9)13-18-11(23-19-13)7-20-14(21)12(16)10(15)6-17-20;1-22-9-4-2-3-8(5-9)13-18-11(23-19-13)7-20-14(21)12(16)10(15)6-17-20;14-8-3-1-7(2-4-8)12-18-10(22-19-12)6-20-13(21)11(16)9(15)5-17-20;14-8-4-2-1-3-7(8)12-18-10(22-19-12)6-20-13(21)11(16)9(15)5-17-20/h2*2-6H,7H2,1H3;2*1-5H,6H2. The fourth-order valence-corrected chi connectivity index (χ4v) is 8.65. The zero-order valence-electron chi connectivity index (χ0n) is 45.4. The van der Waals surface area contributed by atoms with Crippen LogP contribution in [0.25, 0.3) is 45.6 Å². The van der Waals surface area contributed by atoms with Crippen molar-refractivity contribution in [1.29, 1.82) is 0 Å². The molecule has 0 saturated heterocycles. The Bertz CT molecular complexity index is 4750. The predicted octanol–water partition coefficient (Wildman–Crippen LogP) is 11.9. The minimum absolute atomic E-state index is 0.00111. The van der Waals surface area contributed by atoms with Gasteiger partial charge in [0.1, 0.15) is 57.8 Å². The van der Waals surface area contributed by atoms with E-state index in [0.717, 1.165) is 41.2 Å². The SMILES string of the molecule is COc1ccc(-c2noc(Cn3ncc(Cl)c(Cl)c3=O)n2)cc1.COc1cccc(-c2noc(Cn3ncc(Cl)c(Cl)c3=O)n2)c1.O=c1c(Cl)c(Cl)cnn1Cc1nc(-c2ccc(Cl)cc2)no1.O=c1c(Cl)c(Cl)cnn1Cc1nc(-c2ccccc2Cl)no1. The summed E-state index contributed by atoms with van der Waals surface area (Å²) in [6.07, 6.45) is 5.12. The van der Waals surface area contributed by atoms with Crippen LogP contribution in [-0.4, -0.2) is 93.9 Å². The molecule has 0 aliphatic rings. The van der Waals surface area contributed by atoms with E-state index in [1.54, 1.807) is 87.0 Å². The zero-order valence-corrected chi connectivity index (χ0v) is 53.0. The molecule has 0 spiro atoms. The van der Waals surface area contributed by atoms with Gasteiger partial charge in [-0.15, -0.1) is 0 Å². The van der Waals surface area contributed by atoms with Crippen molar-refractivity contribution in [2.75, 3.05) is 14.2 Å². The van der Waals surface area contributed by atoms with E-state index in [1.165, 1.54) is 24.8 Å². The summed E-state index contributed by atoms with van der Waals surface area (Å²) in [4.78, 5) is 64.5. The quantitative estimate of drug-likeness (QED) is 0.0976. The van der Waals surface area contributed by atoms with Gasteiger partial charge >= 0.3 is 0 Å². The van der Waals surface area contributed by atoms with Crippen LogP contribution in [0.1, 0.15) is 23.6 Å². The summed E-state index contributed by atoms with van der Waals surface area (Å²) >= 11 is 57.9. The number of aromatic nitrogens is 16. The molecule has 4 aromatic carbocycles. The van der Waals surface area contributed by atoms with Gasteiger partial charge < -0.3 is 27.6 Å². The predicted molar refractivity (Wildman–Crippen MR) is 333 cm³/mol. The van der Waals surface area contributed by atoms with Crippen molar-refractivity contribution < 1.29 is 27.6 Å². The smallest absolute Gasteiger partial charge is 0.287 e.